The third-order valence-electron chi connectivity index (χ3n) is 6.60. The third kappa shape index (κ3) is 5.69. The number of carbonyl (C=O) groups is 2. The summed E-state index contributed by atoms with van der Waals surface area (Å²) in [7, 11) is 0. The van der Waals surface area contributed by atoms with Crippen molar-refractivity contribution in [3.05, 3.63) is 86.3 Å². The Kier molecular flexibility index (Phi) is 7.27. The van der Waals surface area contributed by atoms with E-state index in [9.17, 15) is 14.4 Å². The highest BCUT2D eigenvalue weighted by Gasteiger charge is 2.19. The largest absolute Gasteiger partial charge is 0.379 e. The molecule has 1 aliphatic rings. The summed E-state index contributed by atoms with van der Waals surface area (Å²) in [5.74, 6) is -0.261. The molecule has 0 aliphatic carbocycles. The van der Waals surface area contributed by atoms with Gasteiger partial charge in [-0.2, -0.15) is 0 Å². The number of urea groups is 1. The van der Waals surface area contributed by atoms with E-state index in [4.69, 9.17) is 22.1 Å². The second-order valence-corrected chi connectivity index (χ2v) is 9.69. The second kappa shape index (κ2) is 10.8. The van der Waals surface area contributed by atoms with Gasteiger partial charge in [0.2, 0.25) is 5.91 Å². The highest BCUT2D eigenvalue weighted by atomic mass is 35.5. The number of carbonyl (C=O) groups excluding carboxylic acids is 2. The number of nitrogens with one attached hydrogen (secondary N) is 2. The molecule has 0 spiro atoms. The molecule has 3 heterocycles. The summed E-state index contributed by atoms with van der Waals surface area (Å²) in [4.78, 5) is 40.0. The van der Waals surface area contributed by atoms with Crippen LogP contribution < -0.4 is 21.8 Å². The minimum Gasteiger partial charge on any atom is -0.379 e. The van der Waals surface area contributed by atoms with Crippen molar-refractivity contribution < 1.29 is 14.3 Å². The SMILES string of the molecule is NC(=O)NCc1cc2cc(CN3CCOCC3)cc3c(=O)c(CC(=O)NCc4ccc(Cl)cc4)cn1c23. The molecule has 9 nitrogen and oxygen atoms in total. The Balaban J connectivity index is 1.47. The van der Waals surface area contributed by atoms with Gasteiger partial charge < -0.3 is 25.5 Å². The molecule has 10 heteroatoms. The van der Waals surface area contributed by atoms with E-state index in [0.29, 0.717) is 42.3 Å². The fourth-order valence-electron chi connectivity index (χ4n) is 4.79. The Morgan fingerprint density at radius 1 is 1.00 bits per heavy atom. The molecule has 2 aromatic carbocycles. The van der Waals surface area contributed by atoms with Gasteiger partial charge in [0.25, 0.3) is 0 Å². The molecule has 1 aliphatic heterocycles. The number of pyridine rings is 1. The molecular formula is C27H28ClN5O4. The average Bonchev–Trinajstić information content (AvgIpc) is 3.23. The number of hydrogen-bond acceptors (Lipinski definition) is 5. The van der Waals surface area contributed by atoms with Crippen LogP contribution in [0, 0.1) is 0 Å². The van der Waals surface area contributed by atoms with E-state index in [0.717, 1.165) is 40.8 Å². The van der Waals surface area contributed by atoms with Crippen molar-refractivity contribution in [3.8, 4) is 0 Å². The van der Waals surface area contributed by atoms with Gasteiger partial charge in [0.05, 0.1) is 31.7 Å². The lowest BCUT2D eigenvalue weighted by molar-refractivity contribution is -0.120. The van der Waals surface area contributed by atoms with Gasteiger partial charge in [-0.1, -0.05) is 23.7 Å². The summed E-state index contributed by atoms with van der Waals surface area (Å²) in [5, 5.41) is 7.57. The Labute approximate surface area is 218 Å². The van der Waals surface area contributed by atoms with E-state index in [1.807, 2.05) is 28.7 Å². The van der Waals surface area contributed by atoms with E-state index in [1.165, 1.54) is 0 Å². The monoisotopic (exact) mass is 521 g/mol. The number of aromatic nitrogens is 1. The smallest absolute Gasteiger partial charge is 0.312 e. The van der Waals surface area contributed by atoms with E-state index in [-0.39, 0.29) is 24.3 Å². The number of benzene rings is 2. The van der Waals surface area contributed by atoms with E-state index in [2.05, 4.69) is 21.6 Å². The van der Waals surface area contributed by atoms with Gasteiger partial charge in [0, 0.05) is 59.4 Å². The lowest BCUT2D eigenvalue weighted by atomic mass is 10.0. The number of nitrogens with zero attached hydrogens (tertiary/aromatic N) is 2. The molecule has 5 rings (SSSR count). The highest BCUT2D eigenvalue weighted by molar-refractivity contribution is 6.30. The minimum atomic E-state index is -0.635. The maximum absolute atomic E-state index is 13.6. The van der Waals surface area contributed by atoms with Gasteiger partial charge in [-0.15, -0.1) is 0 Å². The van der Waals surface area contributed by atoms with Gasteiger partial charge in [-0.25, -0.2) is 4.79 Å². The molecule has 2 aromatic heterocycles. The molecular weight excluding hydrogens is 494 g/mol. The summed E-state index contributed by atoms with van der Waals surface area (Å²) in [6, 6.07) is 12.5. The van der Waals surface area contributed by atoms with Crippen molar-refractivity contribution in [1.82, 2.24) is 19.9 Å². The number of morpholine rings is 1. The van der Waals surface area contributed by atoms with Crippen molar-refractivity contribution >= 4 is 39.8 Å². The lowest BCUT2D eigenvalue weighted by Crippen LogP contribution is -2.35. The zero-order chi connectivity index (χ0) is 25.9. The van der Waals surface area contributed by atoms with Gasteiger partial charge in [-0.05, 0) is 41.5 Å². The molecule has 0 saturated carbocycles. The van der Waals surface area contributed by atoms with Crippen LogP contribution in [0.25, 0.3) is 16.3 Å². The van der Waals surface area contributed by atoms with Crippen LogP contribution in [0.4, 0.5) is 4.79 Å². The summed E-state index contributed by atoms with van der Waals surface area (Å²) in [6.07, 6.45) is 1.63. The third-order valence-corrected chi connectivity index (χ3v) is 6.85. The first-order chi connectivity index (χ1) is 17.9. The van der Waals surface area contributed by atoms with Crippen LogP contribution in [-0.2, 0) is 35.6 Å². The van der Waals surface area contributed by atoms with Crippen LogP contribution in [0.2, 0.25) is 5.02 Å². The summed E-state index contributed by atoms with van der Waals surface area (Å²) in [5.41, 5.74) is 8.96. The van der Waals surface area contributed by atoms with E-state index in [1.54, 1.807) is 18.3 Å². The molecule has 3 amide bonds. The number of hydrogen-bond donors (Lipinski definition) is 3. The number of amides is 3. The van der Waals surface area contributed by atoms with Crippen LogP contribution >= 0.6 is 11.6 Å². The first kappa shape index (κ1) is 25.0. The van der Waals surface area contributed by atoms with Gasteiger partial charge in [-0.3, -0.25) is 14.5 Å². The zero-order valence-electron chi connectivity index (χ0n) is 20.3. The van der Waals surface area contributed by atoms with Crippen molar-refractivity contribution in [2.45, 2.75) is 26.1 Å². The van der Waals surface area contributed by atoms with Crippen LogP contribution in [0.3, 0.4) is 0 Å². The Hall–Kier alpha value is -3.66. The van der Waals surface area contributed by atoms with Gasteiger partial charge in [0.15, 0.2) is 5.43 Å². The molecule has 0 radical (unpaired) electrons. The molecule has 0 bridgehead atoms. The molecule has 1 saturated heterocycles. The Morgan fingerprint density at radius 3 is 2.49 bits per heavy atom. The van der Waals surface area contributed by atoms with Crippen molar-refractivity contribution in [3.63, 3.8) is 0 Å². The number of halogens is 1. The van der Waals surface area contributed by atoms with Gasteiger partial charge in [0.1, 0.15) is 0 Å². The van der Waals surface area contributed by atoms with Crippen LogP contribution in [0.5, 0.6) is 0 Å². The van der Waals surface area contributed by atoms with Crippen molar-refractivity contribution in [1.29, 1.82) is 0 Å². The molecule has 0 unspecified atom stereocenters. The number of primary amides is 1. The average molecular weight is 522 g/mol. The number of ether oxygens (including phenoxy) is 1. The zero-order valence-corrected chi connectivity index (χ0v) is 21.0. The molecule has 1 fully saturated rings. The first-order valence-electron chi connectivity index (χ1n) is 12.1. The first-order valence-corrected chi connectivity index (χ1v) is 12.5. The van der Waals surface area contributed by atoms with Crippen molar-refractivity contribution in [2.24, 2.45) is 5.73 Å². The van der Waals surface area contributed by atoms with E-state index >= 15 is 0 Å². The molecule has 37 heavy (non-hydrogen) atoms. The quantitative estimate of drug-likeness (QED) is 0.329. The normalized spacial score (nSPS) is 14.3. The summed E-state index contributed by atoms with van der Waals surface area (Å²) in [6.45, 7) is 4.25. The van der Waals surface area contributed by atoms with Gasteiger partial charge >= 0.3 is 6.03 Å². The van der Waals surface area contributed by atoms with Crippen molar-refractivity contribution in [2.75, 3.05) is 26.3 Å². The molecule has 0 atom stereocenters. The Morgan fingerprint density at radius 2 is 1.76 bits per heavy atom. The predicted octanol–water partition coefficient (Wildman–Crippen LogP) is 2.40. The standard InChI is InChI=1S/C27H28ClN5O4/c28-21-3-1-17(2-4-21)13-30-24(34)12-20-16-33-22(14-31-27(29)36)11-19-9-18(10-23(25(19)33)26(20)35)15-32-5-7-37-8-6-32/h1-4,9-11,16H,5-8,12-15H2,(H,30,34)(H3,29,31,36). The minimum absolute atomic E-state index is 0.0675. The van der Waals surface area contributed by atoms with Crippen LogP contribution in [0.1, 0.15) is 22.4 Å². The lowest BCUT2D eigenvalue weighted by Gasteiger charge is -2.26. The molecule has 192 valence electrons. The fourth-order valence-corrected chi connectivity index (χ4v) is 4.91. The number of nitrogens with two attached hydrogens (primary N) is 1. The molecule has 4 aromatic rings. The second-order valence-electron chi connectivity index (χ2n) is 9.26. The maximum Gasteiger partial charge on any atom is 0.312 e. The summed E-state index contributed by atoms with van der Waals surface area (Å²) < 4.78 is 7.33. The Bertz CT molecular complexity index is 1500. The van der Waals surface area contributed by atoms with E-state index < -0.39 is 6.03 Å². The van der Waals surface area contributed by atoms with Crippen LogP contribution in [0.15, 0.2) is 53.5 Å². The topological polar surface area (TPSA) is 118 Å². The fraction of sp³-hybridized carbons (Fsp3) is 0.296. The summed E-state index contributed by atoms with van der Waals surface area (Å²) >= 11 is 5.93. The highest BCUT2D eigenvalue weighted by Crippen LogP contribution is 2.26. The number of rotatable bonds is 8. The predicted molar refractivity (Wildman–Crippen MR) is 142 cm³/mol. The maximum atomic E-state index is 13.6. The van der Waals surface area contributed by atoms with Crippen LogP contribution in [-0.4, -0.2) is 47.5 Å². The molecule has 4 N–H and O–H groups in total.